The minimum atomic E-state index is -0.0992. The zero-order chi connectivity index (χ0) is 14.5. The monoisotopic (exact) mass is 274 g/mol. The normalized spacial score (nSPS) is 10.3. The van der Waals surface area contributed by atoms with Crippen molar-refractivity contribution in [3.63, 3.8) is 0 Å². The van der Waals surface area contributed by atoms with Gasteiger partial charge in [0.1, 0.15) is 23.7 Å². The van der Waals surface area contributed by atoms with Crippen LogP contribution < -0.4 is 4.74 Å². The number of benzene rings is 1. The van der Waals surface area contributed by atoms with Crippen molar-refractivity contribution < 1.29 is 14.1 Å². The Labute approximate surface area is 118 Å². The summed E-state index contributed by atoms with van der Waals surface area (Å²) in [6.07, 6.45) is 0. The molecule has 0 aliphatic rings. The van der Waals surface area contributed by atoms with Crippen LogP contribution in [0.4, 0.5) is 0 Å². The predicted molar refractivity (Wildman–Crippen MR) is 74.9 cm³/mol. The number of likely N-dealkylation sites (N-methyl/N-ethyl adjacent to an activating group) is 1. The summed E-state index contributed by atoms with van der Waals surface area (Å²) in [5, 5.41) is 3.79. The van der Waals surface area contributed by atoms with Gasteiger partial charge in [0.15, 0.2) is 0 Å². The molecule has 0 fully saturated rings. The van der Waals surface area contributed by atoms with Crippen LogP contribution in [0, 0.1) is 13.8 Å². The summed E-state index contributed by atoms with van der Waals surface area (Å²) in [6.45, 7) is 4.44. The fraction of sp³-hybridized carbons (Fsp3) is 0.333. The number of ether oxygens (including phenoxy) is 1. The van der Waals surface area contributed by atoms with Gasteiger partial charge in [-0.05, 0) is 26.0 Å². The van der Waals surface area contributed by atoms with Crippen LogP contribution in [0.2, 0.25) is 0 Å². The van der Waals surface area contributed by atoms with E-state index in [1.54, 1.807) is 25.8 Å². The zero-order valence-corrected chi connectivity index (χ0v) is 11.9. The van der Waals surface area contributed by atoms with Crippen molar-refractivity contribution in [3.05, 3.63) is 47.3 Å². The molecule has 0 bridgehead atoms. The van der Waals surface area contributed by atoms with Crippen molar-refractivity contribution in [1.29, 1.82) is 0 Å². The van der Waals surface area contributed by atoms with E-state index in [4.69, 9.17) is 9.26 Å². The minimum Gasteiger partial charge on any atom is -0.492 e. The topological polar surface area (TPSA) is 55.6 Å². The molecule has 0 radical (unpaired) electrons. The quantitative estimate of drug-likeness (QED) is 0.840. The first-order valence-corrected chi connectivity index (χ1v) is 6.45. The number of para-hydroxylation sites is 1. The fourth-order valence-electron chi connectivity index (χ4n) is 1.90. The lowest BCUT2D eigenvalue weighted by atomic mass is 10.2. The second-order valence-corrected chi connectivity index (χ2v) is 4.59. The SMILES string of the molecule is Cc1noc(C)c1C(=O)N(C)CCOc1ccccc1. The maximum absolute atomic E-state index is 12.3. The van der Waals surface area contributed by atoms with Gasteiger partial charge < -0.3 is 14.2 Å². The Balaban J connectivity index is 1.89. The van der Waals surface area contributed by atoms with Gasteiger partial charge in [0.2, 0.25) is 0 Å². The summed E-state index contributed by atoms with van der Waals surface area (Å²) in [7, 11) is 1.74. The third-order valence-corrected chi connectivity index (χ3v) is 3.03. The Morgan fingerprint density at radius 1 is 1.30 bits per heavy atom. The molecule has 0 unspecified atom stereocenters. The summed E-state index contributed by atoms with van der Waals surface area (Å²) in [5.74, 6) is 1.24. The van der Waals surface area contributed by atoms with E-state index in [2.05, 4.69) is 5.16 Å². The summed E-state index contributed by atoms with van der Waals surface area (Å²) >= 11 is 0. The number of carbonyl (C=O) groups is 1. The van der Waals surface area contributed by atoms with Gasteiger partial charge in [0.05, 0.1) is 12.2 Å². The van der Waals surface area contributed by atoms with Crippen molar-refractivity contribution in [1.82, 2.24) is 10.1 Å². The van der Waals surface area contributed by atoms with Gasteiger partial charge >= 0.3 is 0 Å². The average molecular weight is 274 g/mol. The molecule has 1 aromatic carbocycles. The second-order valence-electron chi connectivity index (χ2n) is 4.59. The van der Waals surface area contributed by atoms with Crippen LogP contribution in [-0.2, 0) is 0 Å². The van der Waals surface area contributed by atoms with Gasteiger partial charge in [-0.3, -0.25) is 4.79 Å². The fourth-order valence-corrected chi connectivity index (χ4v) is 1.90. The molecule has 1 amide bonds. The second kappa shape index (κ2) is 6.23. The predicted octanol–water partition coefficient (Wildman–Crippen LogP) is 2.44. The first-order valence-electron chi connectivity index (χ1n) is 6.45. The first kappa shape index (κ1) is 14.1. The van der Waals surface area contributed by atoms with Gasteiger partial charge in [-0.25, -0.2) is 0 Å². The van der Waals surface area contributed by atoms with Gasteiger partial charge in [-0.1, -0.05) is 23.4 Å². The van der Waals surface area contributed by atoms with E-state index in [1.165, 1.54) is 0 Å². The smallest absolute Gasteiger partial charge is 0.259 e. The molecule has 2 aromatic rings. The van der Waals surface area contributed by atoms with Crippen LogP contribution in [0.15, 0.2) is 34.9 Å². The summed E-state index contributed by atoms with van der Waals surface area (Å²) in [5.41, 5.74) is 1.15. The molecule has 1 aromatic heterocycles. The van der Waals surface area contributed by atoms with Crippen molar-refractivity contribution in [2.75, 3.05) is 20.2 Å². The zero-order valence-electron chi connectivity index (χ0n) is 11.9. The summed E-state index contributed by atoms with van der Waals surface area (Å²) in [6, 6.07) is 9.52. The molecule has 0 spiro atoms. The molecule has 0 saturated carbocycles. The lowest BCUT2D eigenvalue weighted by Crippen LogP contribution is -2.31. The number of carbonyl (C=O) groups excluding carboxylic acids is 1. The van der Waals surface area contributed by atoms with E-state index in [1.807, 2.05) is 30.3 Å². The summed E-state index contributed by atoms with van der Waals surface area (Å²) < 4.78 is 10.6. The van der Waals surface area contributed by atoms with E-state index in [9.17, 15) is 4.79 Å². The summed E-state index contributed by atoms with van der Waals surface area (Å²) in [4.78, 5) is 13.9. The minimum absolute atomic E-state index is 0.0992. The lowest BCUT2D eigenvalue weighted by Gasteiger charge is -2.17. The van der Waals surface area contributed by atoms with Gasteiger partial charge in [-0.2, -0.15) is 0 Å². The van der Waals surface area contributed by atoms with Crippen molar-refractivity contribution in [3.8, 4) is 5.75 Å². The molecule has 106 valence electrons. The van der Waals surface area contributed by atoms with Gasteiger partial charge in [-0.15, -0.1) is 0 Å². The standard InChI is InChI=1S/C15H18N2O3/c1-11-14(12(2)20-16-11)15(18)17(3)9-10-19-13-7-5-4-6-8-13/h4-8H,9-10H2,1-3H3. The molecule has 5 nitrogen and oxygen atoms in total. The van der Waals surface area contributed by atoms with E-state index < -0.39 is 0 Å². The number of aromatic nitrogens is 1. The molecule has 0 aliphatic heterocycles. The van der Waals surface area contributed by atoms with Crippen LogP contribution in [0.1, 0.15) is 21.8 Å². The maximum Gasteiger partial charge on any atom is 0.259 e. The Morgan fingerprint density at radius 2 is 2.00 bits per heavy atom. The number of rotatable bonds is 5. The molecule has 0 aliphatic carbocycles. The van der Waals surface area contributed by atoms with Crippen LogP contribution >= 0.6 is 0 Å². The number of hydrogen-bond donors (Lipinski definition) is 0. The third kappa shape index (κ3) is 3.17. The molecule has 0 saturated heterocycles. The number of aryl methyl sites for hydroxylation is 2. The highest BCUT2D eigenvalue weighted by Crippen LogP contribution is 2.14. The van der Waals surface area contributed by atoms with Crippen LogP contribution in [-0.4, -0.2) is 36.2 Å². The average Bonchev–Trinajstić information content (AvgIpc) is 2.78. The number of amides is 1. The molecule has 1 heterocycles. The van der Waals surface area contributed by atoms with Crippen LogP contribution in [0.5, 0.6) is 5.75 Å². The molecule has 20 heavy (non-hydrogen) atoms. The Bertz CT molecular complexity index is 559. The molecule has 5 heteroatoms. The molecule has 2 rings (SSSR count). The molecular formula is C15H18N2O3. The van der Waals surface area contributed by atoms with Crippen LogP contribution in [0.25, 0.3) is 0 Å². The van der Waals surface area contributed by atoms with E-state index in [-0.39, 0.29) is 5.91 Å². The number of hydrogen-bond acceptors (Lipinski definition) is 4. The van der Waals surface area contributed by atoms with E-state index in [0.717, 1.165) is 5.75 Å². The number of nitrogens with zero attached hydrogens (tertiary/aromatic N) is 2. The highest BCUT2D eigenvalue weighted by atomic mass is 16.5. The highest BCUT2D eigenvalue weighted by molar-refractivity contribution is 5.95. The van der Waals surface area contributed by atoms with Crippen molar-refractivity contribution in [2.45, 2.75) is 13.8 Å². The molecule has 0 atom stereocenters. The molecule has 0 N–H and O–H groups in total. The Hall–Kier alpha value is -2.30. The van der Waals surface area contributed by atoms with Crippen LogP contribution in [0.3, 0.4) is 0 Å². The highest BCUT2D eigenvalue weighted by Gasteiger charge is 2.20. The van der Waals surface area contributed by atoms with Crippen molar-refractivity contribution in [2.24, 2.45) is 0 Å². The van der Waals surface area contributed by atoms with Crippen molar-refractivity contribution >= 4 is 5.91 Å². The van der Waals surface area contributed by atoms with E-state index in [0.29, 0.717) is 30.2 Å². The largest absolute Gasteiger partial charge is 0.492 e. The maximum atomic E-state index is 12.3. The molecular weight excluding hydrogens is 256 g/mol. The lowest BCUT2D eigenvalue weighted by molar-refractivity contribution is 0.0771. The van der Waals surface area contributed by atoms with Gasteiger partial charge in [0, 0.05) is 7.05 Å². The Morgan fingerprint density at radius 3 is 2.60 bits per heavy atom. The van der Waals surface area contributed by atoms with E-state index >= 15 is 0 Å². The first-order chi connectivity index (χ1) is 9.59. The Kier molecular flexibility index (Phi) is 4.40. The third-order valence-electron chi connectivity index (χ3n) is 3.03. The van der Waals surface area contributed by atoms with Gasteiger partial charge in [0.25, 0.3) is 5.91 Å².